The standard InChI is InChI=1S/C10H21N3O/c1-12-3-2-9-7-13(4-5-14-11)8-10(9)6-12/h9-10H,2-8,11H2,1H3. The number of fused-ring (bicyclic) bond motifs is 1. The Morgan fingerprint density at radius 1 is 1.29 bits per heavy atom. The highest BCUT2D eigenvalue weighted by Gasteiger charge is 2.35. The van der Waals surface area contributed by atoms with Gasteiger partial charge in [0.15, 0.2) is 0 Å². The van der Waals surface area contributed by atoms with Gasteiger partial charge in [0.05, 0.1) is 6.61 Å². The van der Waals surface area contributed by atoms with E-state index in [4.69, 9.17) is 5.90 Å². The van der Waals surface area contributed by atoms with Crippen LogP contribution < -0.4 is 5.90 Å². The van der Waals surface area contributed by atoms with E-state index in [1.165, 1.54) is 32.6 Å². The van der Waals surface area contributed by atoms with Gasteiger partial charge in [-0.25, -0.2) is 5.90 Å². The van der Waals surface area contributed by atoms with Gasteiger partial charge in [-0.1, -0.05) is 0 Å². The summed E-state index contributed by atoms with van der Waals surface area (Å²) in [6, 6.07) is 0. The lowest BCUT2D eigenvalue weighted by atomic mass is 9.89. The molecule has 0 saturated carbocycles. The molecule has 2 atom stereocenters. The van der Waals surface area contributed by atoms with Crippen molar-refractivity contribution in [3.63, 3.8) is 0 Å². The molecule has 0 amide bonds. The first-order valence-corrected chi connectivity index (χ1v) is 5.52. The van der Waals surface area contributed by atoms with Crippen LogP contribution in [0.4, 0.5) is 0 Å². The third kappa shape index (κ3) is 2.25. The quantitative estimate of drug-likeness (QED) is 0.637. The number of nitrogens with two attached hydrogens (primary N) is 1. The van der Waals surface area contributed by atoms with Gasteiger partial charge < -0.3 is 14.6 Å². The highest BCUT2D eigenvalue weighted by molar-refractivity contribution is 4.88. The number of hydrogen-bond donors (Lipinski definition) is 1. The molecule has 0 radical (unpaired) electrons. The van der Waals surface area contributed by atoms with E-state index in [2.05, 4.69) is 21.7 Å². The first-order valence-electron chi connectivity index (χ1n) is 5.52. The topological polar surface area (TPSA) is 41.7 Å². The van der Waals surface area contributed by atoms with Gasteiger partial charge in [-0.2, -0.15) is 0 Å². The van der Waals surface area contributed by atoms with Crippen molar-refractivity contribution in [3.05, 3.63) is 0 Å². The number of hydrogen-bond acceptors (Lipinski definition) is 4. The van der Waals surface area contributed by atoms with E-state index in [1.54, 1.807) is 0 Å². The predicted octanol–water partition coefficient (Wildman–Crippen LogP) is -0.240. The van der Waals surface area contributed by atoms with Crippen molar-refractivity contribution in [2.45, 2.75) is 6.42 Å². The zero-order valence-electron chi connectivity index (χ0n) is 8.98. The molecule has 82 valence electrons. The van der Waals surface area contributed by atoms with Gasteiger partial charge in [0.2, 0.25) is 0 Å². The highest BCUT2D eigenvalue weighted by atomic mass is 16.6. The van der Waals surface area contributed by atoms with E-state index < -0.39 is 0 Å². The van der Waals surface area contributed by atoms with Gasteiger partial charge in [-0.05, 0) is 31.8 Å². The first kappa shape index (κ1) is 10.4. The molecular weight excluding hydrogens is 178 g/mol. The molecule has 2 fully saturated rings. The van der Waals surface area contributed by atoms with Crippen LogP contribution in [0.25, 0.3) is 0 Å². The van der Waals surface area contributed by atoms with Crippen molar-refractivity contribution in [2.75, 3.05) is 46.4 Å². The van der Waals surface area contributed by atoms with Crippen LogP contribution in [0.2, 0.25) is 0 Å². The summed E-state index contributed by atoms with van der Waals surface area (Å²) in [5, 5.41) is 0. The molecule has 0 bridgehead atoms. The summed E-state index contributed by atoms with van der Waals surface area (Å²) in [6.45, 7) is 6.68. The van der Waals surface area contributed by atoms with Gasteiger partial charge in [0.25, 0.3) is 0 Å². The van der Waals surface area contributed by atoms with Crippen LogP contribution in [0.1, 0.15) is 6.42 Å². The molecule has 2 aliphatic heterocycles. The molecule has 4 nitrogen and oxygen atoms in total. The average Bonchev–Trinajstić information content (AvgIpc) is 2.56. The third-order valence-corrected chi connectivity index (χ3v) is 3.61. The van der Waals surface area contributed by atoms with Crippen LogP contribution in [0.3, 0.4) is 0 Å². The second-order valence-corrected chi connectivity index (χ2v) is 4.70. The molecule has 2 aliphatic rings. The molecule has 2 N–H and O–H groups in total. The van der Waals surface area contributed by atoms with Gasteiger partial charge in [0.1, 0.15) is 0 Å². The summed E-state index contributed by atoms with van der Waals surface area (Å²) in [7, 11) is 2.22. The molecule has 0 aromatic rings. The number of rotatable bonds is 3. The summed E-state index contributed by atoms with van der Waals surface area (Å²) in [4.78, 5) is 9.56. The van der Waals surface area contributed by atoms with Crippen LogP contribution in [0.5, 0.6) is 0 Å². The van der Waals surface area contributed by atoms with Crippen LogP contribution in [0, 0.1) is 11.8 Å². The second-order valence-electron chi connectivity index (χ2n) is 4.70. The van der Waals surface area contributed by atoms with E-state index >= 15 is 0 Å². The van der Waals surface area contributed by atoms with Crippen LogP contribution in [-0.2, 0) is 4.84 Å². The molecule has 14 heavy (non-hydrogen) atoms. The minimum Gasteiger partial charge on any atom is -0.306 e. The maximum absolute atomic E-state index is 5.04. The number of likely N-dealkylation sites (tertiary alicyclic amines) is 2. The smallest absolute Gasteiger partial charge is 0.0806 e. The Balaban J connectivity index is 1.80. The summed E-state index contributed by atoms with van der Waals surface area (Å²) >= 11 is 0. The average molecular weight is 199 g/mol. The van der Waals surface area contributed by atoms with Crippen LogP contribution in [0.15, 0.2) is 0 Å². The van der Waals surface area contributed by atoms with E-state index in [1.807, 2.05) is 0 Å². The van der Waals surface area contributed by atoms with Crippen molar-refractivity contribution in [2.24, 2.45) is 17.7 Å². The summed E-state index contributed by atoms with van der Waals surface area (Å²) in [5.41, 5.74) is 0. The molecule has 0 spiro atoms. The minimum atomic E-state index is 0.662. The maximum atomic E-state index is 5.04. The zero-order chi connectivity index (χ0) is 9.97. The van der Waals surface area contributed by atoms with Crippen molar-refractivity contribution in [1.29, 1.82) is 0 Å². The van der Waals surface area contributed by atoms with E-state index in [0.717, 1.165) is 18.4 Å². The SMILES string of the molecule is CN1CCC2CN(CCON)CC2C1. The van der Waals surface area contributed by atoms with Crippen molar-refractivity contribution < 1.29 is 4.84 Å². The van der Waals surface area contributed by atoms with E-state index in [9.17, 15) is 0 Å². The van der Waals surface area contributed by atoms with Gasteiger partial charge in [-0.15, -0.1) is 0 Å². The first-order chi connectivity index (χ1) is 6.79. The number of nitrogens with zero attached hydrogens (tertiary/aromatic N) is 2. The predicted molar refractivity (Wildman–Crippen MR) is 55.7 cm³/mol. The Hall–Kier alpha value is -0.160. The zero-order valence-corrected chi connectivity index (χ0v) is 8.98. The lowest BCUT2D eigenvalue weighted by Gasteiger charge is -2.31. The molecule has 2 rings (SSSR count). The summed E-state index contributed by atoms with van der Waals surface area (Å²) in [6.07, 6.45) is 1.36. The van der Waals surface area contributed by atoms with Crippen molar-refractivity contribution in [1.82, 2.24) is 9.80 Å². The van der Waals surface area contributed by atoms with Crippen molar-refractivity contribution >= 4 is 0 Å². The fraction of sp³-hybridized carbons (Fsp3) is 1.00. The third-order valence-electron chi connectivity index (χ3n) is 3.61. The normalized spacial score (nSPS) is 34.7. The lowest BCUT2D eigenvalue weighted by Crippen LogP contribution is -2.37. The molecule has 4 heteroatoms. The van der Waals surface area contributed by atoms with Gasteiger partial charge in [0, 0.05) is 26.2 Å². The molecule has 0 aliphatic carbocycles. The Bertz CT molecular complexity index is 188. The molecule has 2 saturated heterocycles. The van der Waals surface area contributed by atoms with Gasteiger partial charge in [-0.3, -0.25) is 0 Å². The molecular formula is C10H21N3O. The van der Waals surface area contributed by atoms with Crippen LogP contribution >= 0.6 is 0 Å². The lowest BCUT2D eigenvalue weighted by molar-refractivity contribution is 0.111. The van der Waals surface area contributed by atoms with E-state index in [0.29, 0.717) is 6.61 Å². The molecule has 0 aromatic carbocycles. The molecule has 2 unspecified atom stereocenters. The van der Waals surface area contributed by atoms with Crippen molar-refractivity contribution in [3.8, 4) is 0 Å². The Morgan fingerprint density at radius 3 is 2.86 bits per heavy atom. The number of piperidine rings is 1. The summed E-state index contributed by atoms with van der Waals surface area (Å²) < 4.78 is 0. The fourth-order valence-electron chi connectivity index (χ4n) is 2.81. The van der Waals surface area contributed by atoms with Gasteiger partial charge >= 0.3 is 0 Å². The van der Waals surface area contributed by atoms with Crippen LogP contribution in [-0.4, -0.2) is 56.2 Å². The maximum Gasteiger partial charge on any atom is 0.0806 e. The Morgan fingerprint density at radius 2 is 2.07 bits per heavy atom. The Labute approximate surface area is 85.9 Å². The second kappa shape index (κ2) is 4.57. The summed E-state index contributed by atoms with van der Waals surface area (Å²) in [5.74, 6) is 6.84. The minimum absolute atomic E-state index is 0.662. The largest absolute Gasteiger partial charge is 0.306 e. The molecule has 0 aromatic heterocycles. The molecule has 2 heterocycles. The Kier molecular flexibility index (Phi) is 3.38. The highest BCUT2D eigenvalue weighted by Crippen LogP contribution is 2.30. The monoisotopic (exact) mass is 199 g/mol. The fourth-order valence-corrected chi connectivity index (χ4v) is 2.81. The van der Waals surface area contributed by atoms with E-state index in [-0.39, 0.29) is 0 Å².